The number of aromatic hydroxyl groups is 1. The summed E-state index contributed by atoms with van der Waals surface area (Å²) in [7, 11) is 0. The maximum absolute atomic E-state index is 14.0. The van der Waals surface area contributed by atoms with Crippen LogP contribution in [0.4, 0.5) is 0 Å². The lowest BCUT2D eigenvalue weighted by atomic mass is 9.92. The van der Waals surface area contributed by atoms with Gasteiger partial charge in [0.25, 0.3) is 11.8 Å². The number of allylic oxidation sites excluding steroid dienone is 1. The van der Waals surface area contributed by atoms with Gasteiger partial charge in [-0.3, -0.25) is 14.4 Å². The minimum absolute atomic E-state index is 0.00787. The summed E-state index contributed by atoms with van der Waals surface area (Å²) in [5, 5.41) is 27.7. The van der Waals surface area contributed by atoms with Crippen molar-refractivity contribution in [3.05, 3.63) is 77.4 Å². The number of thioether (sulfide) groups is 1. The predicted octanol–water partition coefficient (Wildman–Crippen LogP) is 3.84. The average molecular weight is 578 g/mol. The Hall–Kier alpha value is -3.30. The number of aliphatic hydroxyl groups is 1. The largest absolute Gasteiger partial charge is 0.508 e. The van der Waals surface area contributed by atoms with Gasteiger partial charge in [-0.25, -0.2) is 0 Å². The first-order valence-corrected chi connectivity index (χ1v) is 15.5. The van der Waals surface area contributed by atoms with Crippen molar-refractivity contribution in [1.82, 2.24) is 15.5 Å². The lowest BCUT2D eigenvalue weighted by Gasteiger charge is -2.36. The number of benzene rings is 2. The van der Waals surface area contributed by atoms with Crippen LogP contribution in [0, 0.1) is 6.92 Å². The summed E-state index contributed by atoms with van der Waals surface area (Å²) >= 11 is 1.63. The molecule has 0 bridgehead atoms. The Morgan fingerprint density at radius 3 is 2.54 bits per heavy atom. The second-order valence-electron chi connectivity index (χ2n) is 11.4. The number of phenolic OH excluding ortho intramolecular Hbond substituents is 1. The molecule has 0 radical (unpaired) electrons. The maximum atomic E-state index is 14.0. The topological polar surface area (TPSA) is 119 Å². The molecule has 1 aliphatic heterocycles. The lowest BCUT2D eigenvalue weighted by Crippen LogP contribution is -2.60. The average Bonchev–Trinajstić information content (AvgIpc) is 3.61. The number of carbonyl (C=O) groups excluding carboxylic acids is 3. The number of rotatable bonds is 8. The van der Waals surface area contributed by atoms with Crippen LogP contribution in [0.5, 0.6) is 5.75 Å². The Morgan fingerprint density at radius 2 is 1.83 bits per heavy atom. The number of aliphatic hydroxyl groups excluding tert-OH is 1. The van der Waals surface area contributed by atoms with Gasteiger partial charge in [-0.15, -0.1) is 11.8 Å². The van der Waals surface area contributed by atoms with Gasteiger partial charge in [-0.05, 0) is 63.1 Å². The van der Waals surface area contributed by atoms with E-state index in [-0.39, 0.29) is 34.4 Å². The summed E-state index contributed by atoms with van der Waals surface area (Å²) in [5.41, 5.74) is 1.53. The quantitative estimate of drug-likeness (QED) is 0.354. The molecule has 3 aliphatic rings. The van der Waals surface area contributed by atoms with Crippen molar-refractivity contribution in [3.63, 3.8) is 0 Å². The predicted molar refractivity (Wildman–Crippen MR) is 159 cm³/mol. The molecule has 41 heavy (non-hydrogen) atoms. The fourth-order valence-electron chi connectivity index (χ4n) is 6.36. The molecule has 0 aromatic heterocycles. The van der Waals surface area contributed by atoms with Gasteiger partial charge < -0.3 is 25.7 Å². The number of phenols is 1. The molecule has 2 aromatic rings. The maximum Gasteiger partial charge on any atom is 0.254 e. The van der Waals surface area contributed by atoms with E-state index in [1.807, 2.05) is 36.4 Å². The highest BCUT2D eigenvalue weighted by molar-refractivity contribution is 8.01. The molecule has 1 saturated heterocycles. The van der Waals surface area contributed by atoms with E-state index in [9.17, 15) is 24.6 Å². The highest BCUT2D eigenvalue weighted by Crippen LogP contribution is 2.51. The molecule has 2 aliphatic carbocycles. The molecular formula is C32H39N3O5S. The molecule has 2 fully saturated rings. The van der Waals surface area contributed by atoms with E-state index in [1.54, 1.807) is 30.8 Å². The fraction of sp³-hybridized carbons (Fsp3) is 0.469. The van der Waals surface area contributed by atoms with E-state index in [1.165, 1.54) is 11.0 Å². The van der Waals surface area contributed by atoms with Crippen LogP contribution in [0.25, 0.3) is 0 Å². The molecular weight excluding hydrogens is 538 g/mol. The minimum atomic E-state index is -1.57. The van der Waals surface area contributed by atoms with Crippen molar-refractivity contribution < 1.29 is 24.6 Å². The Morgan fingerprint density at radius 1 is 1.07 bits per heavy atom. The van der Waals surface area contributed by atoms with E-state index in [4.69, 9.17) is 0 Å². The van der Waals surface area contributed by atoms with E-state index >= 15 is 0 Å². The molecule has 4 atom stereocenters. The van der Waals surface area contributed by atoms with Gasteiger partial charge in [0, 0.05) is 21.9 Å². The first-order chi connectivity index (χ1) is 19.8. The summed E-state index contributed by atoms with van der Waals surface area (Å²) in [4.78, 5) is 42.7. The normalized spacial score (nSPS) is 22.8. The number of nitrogens with one attached hydrogen (secondary N) is 2. The Balaban J connectivity index is 1.40. The monoisotopic (exact) mass is 577 g/mol. The van der Waals surface area contributed by atoms with E-state index < -0.39 is 30.0 Å². The van der Waals surface area contributed by atoms with Crippen molar-refractivity contribution in [1.29, 1.82) is 0 Å². The zero-order chi connectivity index (χ0) is 29.0. The number of carbonyl (C=O) groups is 3. The summed E-state index contributed by atoms with van der Waals surface area (Å²) in [6.45, 7) is 1.64. The minimum Gasteiger partial charge on any atom is -0.508 e. The Kier molecular flexibility index (Phi) is 9.04. The van der Waals surface area contributed by atoms with Crippen LogP contribution in [0.15, 0.2) is 60.7 Å². The molecule has 8 nitrogen and oxygen atoms in total. The van der Waals surface area contributed by atoms with Crippen LogP contribution >= 0.6 is 11.8 Å². The summed E-state index contributed by atoms with van der Waals surface area (Å²) in [5.74, 6) is -0.923. The van der Waals surface area contributed by atoms with Gasteiger partial charge >= 0.3 is 0 Å². The molecule has 5 rings (SSSR count). The van der Waals surface area contributed by atoms with Crippen LogP contribution in [-0.2, 0) is 16.0 Å². The number of nitrogens with zero attached hydrogens (tertiary/aromatic N) is 1. The number of amides is 3. The van der Waals surface area contributed by atoms with E-state index in [2.05, 4.69) is 16.7 Å². The van der Waals surface area contributed by atoms with Gasteiger partial charge in [-0.1, -0.05) is 61.4 Å². The molecule has 4 N–H and O–H groups in total. The second-order valence-corrected chi connectivity index (χ2v) is 12.8. The van der Waals surface area contributed by atoms with E-state index in [0.29, 0.717) is 11.4 Å². The number of hydrogen-bond acceptors (Lipinski definition) is 6. The Bertz CT molecular complexity index is 1290. The first-order valence-electron chi connectivity index (χ1n) is 14.5. The second kappa shape index (κ2) is 12.7. The zero-order valence-corrected chi connectivity index (χ0v) is 24.2. The van der Waals surface area contributed by atoms with Gasteiger partial charge in [0.15, 0.2) is 6.10 Å². The van der Waals surface area contributed by atoms with E-state index in [0.717, 1.165) is 50.5 Å². The van der Waals surface area contributed by atoms with Crippen molar-refractivity contribution in [2.75, 3.05) is 5.88 Å². The van der Waals surface area contributed by atoms with Gasteiger partial charge in [0.2, 0.25) is 5.91 Å². The summed E-state index contributed by atoms with van der Waals surface area (Å²) in [6.07, 6.45) is 9.32. The van der Waals surface area contributed by atoms with Gasteiger partial charge in [0.1, 0.15) is 11.8 Å². The van der Waals surface area contributed by atoms with Crippen molar-refractivity contribution in [2.45, 2.75) is 87.3 Å². The molecule has 0 unspecified atom stereocenters. The van der Waals surface area contributed by atoms with Crippen molar-refractivity contribution >= 4 is 29.5 Å². The van der Waals surface area contributed by atoms with Crippen LogP contribution < -0.4 is 10.6 Å². The smallest absolute Gasteiger partial charge is 0.254 e. The molecule has 3 amide bonds. The molecule has 2 aromatic carbocycles. The third kappa shape index (κ3) is 6.31. The SMILES string of the molecule is Cc1c(O)cccc1C(=O)N[C@@H](Cc1ccccc1)[C@H](O)C(=O)N1CSC2(CCCC2)[C@H]1C(=O)N[C@@H]1C=CCCC1. The standard InChI is InChI=1S/C32H39N3O5S/c1-21-24(15-10-16-26(21)36)29(38)34-25(19-22-11-4-2-5-12-22)27(37)31(40)35-20-41-32(17-8-9-18-32)28(35)30(39)33-23-13-6-3-7-14-23/h2,4-6,10-13,15-16,23,25,27-28,36-37H,3,7-9,14,17-20H2,1H3,(H,33,39)(H,34,38)/t23-,25+,27+,28-/m1/s1. The van der Waals surface area contributed by atoms with Crippen LogP contribution in [0.1, 0.15) is 66.4 Å². The Labute approximate surface area is 245 Å². The van der Waals surface area contributed by atoms with Gasteiger partial charge in [0.05, 0.1) is 11.9 Å². The number of hydrogen-bond donors (Lipinski definition) is 4. The summed E-state index contributed by atoms with van der Waals surface area (Å²) < 4.78 is -0.366. The fourth-order valence-corrected chi connectivity index (χ4v) is 8.00. The van der Waals surface area contributed by atoms with Crippen molar-refractivity contribution in [3.8, 4) is 5.75 Å². The molecule has 218 valence electrons. The molecule has 1 heterocycles. The third-order valence-corrected chi connectivity index (χ3v) is 10.3. The highest BCUT2D eigenvalue weighted by Gasteiger charge is 2.55. The van der Waals surface area contributed by atoms with Crippen LogP contribution in [0.2, 0.25) is 0 Å². The molecule has 9 heteroatoms. The third-order valence-electron chi connectivity index (χ3n) is 8.66. The first kappa shape index (κ1) is 29.2. The molecule has 1 spiro atoms. The highest BCUT2D eigenvalue weighted by atomic mass is 32.2. The van der Waals surface area contributed by atoms with Crippen molar-refractivity contribution in [2.24, 2.45) is 0 Å². The molecule has 1 saturated carbocycles. The van der Waals surface area contributed by atoms with Gasteiger partial charge in [-0.2, -0.15) is 0 Å². The lowest BCUT2D eigenvalue weighted by molar-refractivity contribution is -0.147. The summed E-state index contributed by atoms with van der Waals surface area (Å²) in [6, 6.07) is 12.3. The zero-order valence-electron chi connectivity index (χ0n) is 23.4. The van der Waals surface area contributed by atoms with Crippen LogP contribution in [0.3, 0.4) is 0 Å². The van der Waals surface area contributed by atoms with Crippen LogP contribution in [-0.4, -0.2) is 67.7 Å².